The molecule has 0 spiro atoms. The Balaban J connectivity index is 3.42. The Morgan fingerprint density at radius 2 is 1.89 bits per heavy atom. The highest BCUT2D eigenvalue weighted by Gasteiger charge is 2.38. The van der Waals surface area contributed by atoms with Gasteiger partial charge >= 0.3 is 5.97 Å². The molecule has 3 heteroatoms. The number of benzene rings is 1. The van der Waals surface area contributed by atoms with Gasteiger partial charge in [-0.2, -0.15) is 0 Å². The number of esters is 1. The van der Waals surface area contributed by atoms with Gasteiger partial charge in [-0.1, -0.05) is 23.6 Å². The highest BCUT2D eigenvalue weighted by Crippen LogP contribution is 2.29. The Morgan fingerprint density at radius 3 is 2.32 bits per heavy atom. The summed E-state index contributed by atoms with van der Waals surface area (Å²) in [5.74, 6) is 2.17. The molecule has 1 N–H and O–H groups in total. The smallest absolute Gasteiger partial charge is 0.330 e. The van der Waals surface area contributed by atoms with Crippen LogP contribution in [0, 0.1) is 33.1 Å². The predicted molar refractivity (Wildman–Crippen MR) is 76.9 cm³/mol. The van der Waals surface area contributed by atoms with Crippen LogP contribution in [-0.2, 0) is 15.1 Å². The highest BCUT2D eigenvalue weighted by atomic mass is 16.5. The van der Waals surface area contributed by atoms with Crippen LogP contribution in [0.4, 0.5) is 0 Å². The van der Waals surface area contributed by atoms with Crippen LogP contribution in [0.5, 0.6) is 0 Å². The molecule has 3 nitrogen and oxygen atoms in total. The topological polar surface area (TPSA) is 38.3 Å². The van der Waals surface area contributed by atoms with Crippen molar-refractivity contribution in [2.45, 2.75) is 33.2 Å². The van der Waals surface area contributed by atoms with Crippen molar-refractivity contribution in [1.29, 1.82) is 0 Å². The van der Waals surface area contributed by atoms with Crippen molar-refractivity contribution in [3.63, 3.8) is 0 Å². The number of terminal acetylenes is 1. The van der Waals surface area contributed by atoms with Crippen LogP contribution >= 0.6 is 0 Å². The second-order valence-electron chi connectivity index (χ2n) is 4.95. The first-order chi connectivity index (χ1) is 8.86. The normalized spacial score (nSPS) is 13.5. The summed E-state index contributed by atoms with van der Waals surface area (Å²) in [6, 6.07) is 4.11. The molecule has 0 saturated heterocycles. The highest BCUT2D eigenvalue weighted by molar-refractivity contribution is 5.83. The summed E-state index contributed by atoms with van der Waals surface area (Å²) in [4.78, 5) is 12.2. The van der Waals surface area contributed by atoms with E-state index in [0.29, 0.717) is 6.54 Å². The molecule has 0 aliphatic carbocycles. The molecule has 1 unspecified atom stereocenters. The molecule has 1 atom stereocenters. The zero-order chi connectivity index (χ0) is 14.6. The Hall–Kier alpha value is -1.79. The zero-order valence-corrected chi connectivity index (χ0v) is 12.3. The molecule has 102 valence electrons. The van der Waals surface area contributed by atoms with Crippen molar-refractivity contribution in [2.24, 2.45) is 0 Å². The van der Waals surface area contributed by atoms with E-state index in [0.717, 1.165) is 16.7 Å². The summed E-state index contributed by atoms with van der Waals surface area (Å²) in [5.41, 5.74) is 3.27. The molecule has 0 aliphatic heterocycles. The molecule has 0 saturated carbocycles. The lowest BCUT2D eigenvalue weighted by Crippen LogP contribution is -2.48. The molecule has 0 heterocycles. The minimum Gasteiger partial charge on any atom is -0.467 e. The van der Waals surface area contributed by atoms with Crippen LogP contribution in [0.2, 0.25) is 0 Å². The van der Waals surface area contributed by atoms with Gasteiger partial charge in [-0.05, 0) is 44.4 Å². The molecule has 0 radical (unpaired) electrons. The van der Waals surface area contributed by atoms with E-state index in [4.69, 9.17) is 11.2 Å². The maximum Gasteiger partial charge on any atom is 0.330 e. The van der Waals surface area contributed by atoms with Crippen LogP contribution in [0.3, 0.4) is 0 Å². The number of methoxy groups -OCH3 is 1. The number of carbonyl (C=O) groups is 1. The van der Waals surface area contributed by atoms with Crippen LogP contribution in [0.25, 0.3) is 0 Å². The second-order valence-corrected chi connectivity index (χ2v) is 4.95. The SMILES string of the molecule is C#CCNC(C)(C(=O)OC)c1c(C)cc(C)cc1C. The van der Waals surface area contributed by atoms with Crippen LogP contribution in [-0.4, -0.2) is 19.6 Å². The van der Waals surface area contributed by atoms with Gasteiger partial charge in [-0.15, -0.1) is 6.42 Å². The third kappa shape index (κ3) is 2.97. The molecule has 1 aromatic rings. The van der Waals surface area contributed by atoms with Crippen LogP contribution in [0.15, 0.2) is 12.1 Å². The Bertz CT molecular complexity index is 505. The van der Waals surface area contributed by atoms with Gasteiger partial charge in [0.2, 0.25) is 0 Å². The third-order valence-electron chi connectivity index (χ3n) is 3.31. The average Bonchev–Trinajstić information content (AvgIpc) is 2.33. The first-order valence-electron chi connectivity index (χ1n) is 6.22. The second kappa shape index (κ2) is 5.90. The van der Waals surface area contributed by atoms with Gasteiger partial charge < -0.3 is 4.74 Å². The molecule has 0 fully saturated rings. The number of ether oxygens (including phenoxy) is 1. The monoisotopic (exact) mass is 259 g/mol. The fourth-order valence-electron chi connectivity index (χ4n) is 2.66. The van der Waals surface area contributed by atoms with E-state index in [2.05, 4.69) is 23.4 Å². The van der Waals surface area contributed by atoms with Gasteiger partial charge in [0.1, 0.15) is 5.54 Å². The maximum atomic E-state index is 12.2. The Morgan fingerprint density at radius 1 is 1.37 bits per heavy atom. The van der Waals surface area contributed by atoms with Gasteiger partial charge in [-0.25, -0.2) is 4.79 Å². The summed E-state index contributed by atoms with van der Waals surface area (Å²) in [7, 11) is 1.39. The lowest BCUT2D eigenvalue weighted by atomic mass is 9.84. The lowest BCUT2D eigenvalue weighted by Gasteiger charge is -2.31. The van der Waals surface area contributed by atoms with Gasteiger partial charge in [0.15, 0.2) is 0 Å². The van der Waals surface area contributed by atoms with Crippen molar-refractivity contribution >= 4 is 5.97 Å². The molecular weight excluding hydrogens is 238 g/mol. The van der Waals surface area contributed by atoms with Gasteiger partial charge in [0.25, 0.3) is 0 Å². The van der Waals surface area contributed by atoms with Crippen LogP contribution < -0.4 is 5.32 Å². The fraction of sp³-hybridized carbons (Fsp3) is 0.438. The van der Waals surface area contributed by atoms with E-state index in [-0.39, 0.29) is 5.97 Å². The number of hydrogen-bond acceptors (Lipinski definition) is 3. The average molecular weight is 259 g/mol. The number of hydrogen-bond donors (Lipinski definition) is 1. The zero-order valence-electron chi connectivity index (χ0n) is 12.3. The Labute approximate surface area is 115 Å². The van der Waals surface area contributed by atoms with Crippen molar-refractivity contribution in [1.82, 2.24) is 5.32 Å². The number of rotatable bonds is 4. The van der Waals surface area contributed by atoms with Crippen molar-refractivity contribution < 1.29 is 9.53 Å². The van der Waals surface area contributed by atoms with Crippen molar-refractivity contribution in [3.8, 4) is 12.3 Å². The quantitative estimate of drug-likeness (QED) is 0.665. The maximum absolute atomic E-state index is 12.2. The van der Waals surface area contributed by atoms with Gasteiger partial charge in [0, 0.05) is 0 Å². The van der Waals surface area contributed by atoms with Crippen molar-refractivity contribution in [3.05, 3.63) is 34.4 Å². The standard InChI is InChI=1S/C16H21NO2/c1-7-8-17-16(5,15(18)19-6)14-12(3)9-11(2)10-13(14)4/h1,9-10,17H,8H2,2-6H3. The fourth-order valence-corrected chi connectivity index (χ4v) is 2.66. The first kappa shape index (κ1) is 15.3. The van der Waals surface area contributed by atoms with E-state index >= 15 is 0 Å². The van der Waals surface area contributed by atoms with Crippen LogP contribution in [0.1, 0.15) is 29.2 Å². The minimum absolute atomic E-state index is 0.304. The van der Waals surface area contributed by atoms with E-state index in [1.165, 1.54) is 12.7 Å². The van der Waals surface area contributed by atoms with Gasteiger partial charge in [0.05, 0.1) is 13.7 Å². The third-order valence-corrected chi connectivity index (χ3v) is 3.31. The molecule has 0 amide bonds. The molecule has 1 aromatic carbocycles. The van der Waals surface area contributed by atoms with E-state index in [1.807, 2.05) is 20.8 Å². The van der Waals surface area contributed by atoms with Crippen molar-refractivity contribution in [2.75, 3.05) is 13.7 Å². The molecule has 0 aliphatic rings. The predicted octanol–water partition coefficient (Wildman–Crippen LogP) is 2.22. The van der Waals surface area contributed by atoms with Gasteiger partial charge in [-0.3, -0.25) is 5.32 Å². The molecule has 1 rings (SSSR count). The van der Waals surface area contributed by atoms with E-state index in [9.17, 15) is 4.79 Å². The summed E-state index contributed by atoms with van der Waals surface area (Å²) in [6.07, 6.45) is 5.29. The number of carbonyl (C=O) groups excluding carboxylic acids is 1. The summed E-state index contributed by atoms with van der Waals surface area (Å²) in [5, 5.41) is 3.10. The molecule has 19 heavy (non-hydrogen) atoms. The number of nitrogens with one attached hydrogen (secondary N) is 1. The minimum atomic E-state index is -0.928. The lowest BCUT2D eigenvalue weighted by molar-refractivity contribution is -0.148. The largest absolute Gasteiger partial charge is 0.467 e. The Kier molecular flexibility index (Phi) is 4.74. The summed E-state index contributed by atoms with van der Waals surface area (Å²) in [6.45, 7) is 8.13. The van der Waals surface area contributed by atoms with E-state index < -0.39 is 5.54 Å². The first-order valence-corrected chi connectivity index (χ1v) is 6.22. The molecule has 0 bridgehead atoms. The summed E-state index contributed by atoms with van der Waals surface area (Å²) < 4.78 is 4.94. The molecular formula is C16H21NO2. The van der Waals surface area contributed by atoms with E-state index in [1.54, 1.807) is 6.92 Å². The summed E-state index contributed by atoms with van der Waals surface area (Å²) >= 11 is 0. The number of aryl methyl sites for hydroxylation is 3. The molecule has 0 aromatic heterocycles.